The summed E-state index contributed by atoms with van der Waals surface area (Å²) in [6.07, 6.45) is 3.61. The van der Waals surface area contributed by atoms with Gasteiger partial charge in [-0.25, -0.2) is 0 Å². The van der Waals surface area contributed by atoms with Gasteiger partial charge in [0.2, 0.25) is 0 Å². The molecule has 0 saturated carbocycles. The van der Waals surface area contributed by atoms with E-state index in [0.29, 0.717) is 6.42 Å². The first-order chi connectivity index (χ1) is 8.58. The molecule has 2 rings (SSSR count). The van der Waals surface area contributed by atoms with Gasteiger partial charge < -0.3 is 4.90 Å². The molecule has 0 N–H and O–H groups in total. The van der Waals surface area contributed by atoms with Gasteiger partial charge in [-0.1, -0.05) is 0 Å². The second kappa shape index (κ2) is 5.65. The van der Waals surface area contributed by atoms with Gasteiger partial charge in [-0.05, 0) is 45.2 Å². The Bertz CT molecular complexity index is 452. The smallest absolute Gasteiger partial charge is 0.264 e. The standard InChI is InChI=1S/C14H19NO2S/c1-10(16)9-12-5-3-4-8-15(12)14(17)13-7-6-11(2)18-13/h6-7,12H,3-5,8-9H2,1-2H3. The fraction of sp³-hybridized carbons (Fsp3) is 0.571. The number of likely N-dealkylation sites (tertiary alicyclic amines) is 1. The molecule has 0 aliphatic carbocycles. The molecule has 1 amide bonds. The van der Waals surface area contributed by atoms with Crippen LogP contribution >= 0.6 is 11.3 Å². The van der Waals surface area contributed by atoms with Gasteiger partial charge in [0, 0.05) is 23.9 Å². The number of aryl methyl sites for hydroxylation is 1. The van der Waals surface area contributed by atoms with Gasteiger partial charge in [0.1, 0.15) is 5.78 Å². The molecule has 1 aromatic heterocycles. The lowest BCUT2D eigenvalue weighted by atomic mass is 9.97. The first-order valence-electron chi connectivity index (χ1n) is 6.45. The number of rotatable bonds is 3. The van der Waals surface area contributed by atoms with E-state index in [-0.39, 0.29) is 17.7 Å². The third-order valence-electron chi connectivity index (χ3n) is 3.36. The molecule has 1 atom stereocenters. The van der Waals surface area contributed by atoms with Crippen LogP contribution in [0, 0.1) is 6.92 Å². The monoisotopic (exact) mass is 265 g/mol. The van der Waals surface area contributed by atoms with E-state index in [9.17, 15) is 9.59 Å². The molecule has 1 fully saturated rings. The van der Waals surface area contributed by atoms with Crippen molar-refractivity contribution in [3.05, 3.63) is 21.9 Å². The van der Waals surface area contributed by atoms with Crippen LogP contribution in [0.2, 0.25) is 0 Å². The number of carbonyl (C=O) groups excluding carboxylic acids is 2. The summed E-state index contributed by atoms with van der Waals surface area (Å²) in [6, 6.07) is 3.97. The van der Waals surface area contributed by atoms with Crippen molar-refractivity contribution in [1.29, 1.82) is 0 Å². The number of amides is 1. The quantitative estimate of drug-likeness (QED) is 0.842. The number of piperidine rings is 1. The molecular formula is C14H19NO2S. The maximum absolute atomic E-state index is 12.4. The lowest BCUT2D eigenvalue weighted by Gasteiger charge is -2.35. The largest absolute Gasteiger partial charge is 0.335 e. The van der Waals surface area contributed by atoms with Crippen LogP contribution in [0.15, 0.2) is 12.1 Å². The molecule has 3 nitrogen and oxygen atoms in total. The molecule has 1 aliphatic rings. The van der Waals surface area contributed by atoms with Gasteiger partial charge in [0.25, 0.3) is 5.91 Å². The van der Waals surface area contributed by atoms with Crippen molar-refractivity contribution >= 4 is 23.0 Å². The molecule has 0 bridgehead atoms. The number of hydrogen-bond acceptors (Lipinski definition) is 3. The van der Waals surface area contributed by atoms with Gasteiger partial charge in [0.05, 0.1) is 4.88 Å². The van der Waals surface area contributed by atoms with Crippen LogP contribution in [0.5, 0.6) is 0 Å². The predicted molar refractivity (Wildman–Crippen MR) is 73.0 cm³/mol. The summed E-state index contributed by atoms with van der Waals surface area (Å²) in [5, 5.41) is 0. The zero-order chi connectivity index (χ0) is 13.1. The zero-order valence-electron chi connectivity index (χ0n) is 10.9. The lowest BCUT2D eigenvalue weighted by Crippen LogP contribution is -2.44. The van der Waals surface area contributed by atoms with E-state index in [0.717, 1.165) is 35.6 Å². The van der Waals surface area contributed by atoms with Crippen LogP contribution < -0.4 is 0 Å². The van der Waals surface area contributed by atoms with Crippen molar-refractivity contribution in [1.82, 2.24) is 4.90 Å². The maximum atomic E-state index is 12.4. The highest BCUT2D eigenvalue weighted by atomic mass is 32.1. The number of nitrogens with zero attached hydrogens (tertiary/aromatic N) is 1. The Morgan fingerprint density at radius 1 is 1.39 bits per heavy atom. The minimum absolute atomic E-state index is 0.0963. The predicted octanol–water partition coefficient (Wildman–Crippen LogP) is 3.03. The van der Waals surface area contributed by atoms with Crippen molar-refractivity contribution < 1.29 is 9.59 Å². The Morgan fingerprint density at radius 3 is 2.78 bits per heavy atom. The summed E-state index contributed by atoms with van der Waals surface area (Å²) in [6.45, 7) is 4.39. The van der Waals surface area contributed by atoms with Crippen LogP contribution in [0.1, 0.15) is 47.2 Å². The van der Waals surface area contributed by atoms with Gasteiger partial charge in [0.15, 0.2) is 0 Å². The molecular weight excluding hydrogens is 246 g/mol. The summed E-state index contributed by atoms with van der Waals surface area (Å²) >= 11 is 1.53. The molecule has 18 heavy (non-hydrogen) atoms. The third-order valence-corrected chi connectivity index (χ3v) is 4.35. The fourth-order valence-electron chi connectivity index (χ4n) is 2.50. The Morgan fingerprint density at radius 2 is 2.17 bits per heavy atom. The molecule has 1 saturated heterocycles. The molecule has 0 spiro atoms. The summed E-state index contributed by atoms with van der Waals surface area (Å²) < 4.78 is 0. The van der Waals surface area contributed by atoms with Crippen molar-refractivity contribution in [3.8, 4) is 0 Å². The fourth-order valence-corrected chi connectivity index (χ4v) is 3.33. The van der Waals surface area contributed by atoms with E-state index in [4.69, 9.17) is 0 Å². The number of ketones is 1. The number of carbonyl (C=O) groups is 2. The lowest BCUT2D eigenvalue weighted by molar-refractivity contribution is -0.118. The minimum atomic E-state index is 0.0963. The summed E-state index contributed by atoms with van der Waals surface area (Å²) in [4.78, 5) is 27.6. The van der Waals surface area contributed by atoms with Crippen LogP contribution in [-0.2, 0) is 4.79 Å². The molecule has 1 aromatic rings. The number of thiophene rings is 1. The first-order valence-corrected chi connectivity index (χ1v) is 7.26. The number of Topliss-reactive ketones (excluding diaryl/α,β-unsaturated/α-hetero) is 1. The molecule has 0 radical (unpaired) electrons. The van der Waals surface area contributed by atoms with Crippen molar-refractivity contribution in [2.45, 2.75) is 45.6 Å². The van der Waals surface area contributed by atoms with E-state index in [2.05, 4.69) is 0 Å². The normalized spacial score (nSPS) is 19.9. The van der Waals surface area contributed by atoms with Crippen LogP contribution in [0.4, 0.5) is 0 Å². The molecule has 98 valence electrons. The summed E-state index contributed by atoms with van der Waals surface area (Å²) in [5.74, 6) is 0.265. The molecule has 1 unspecified atom stereocenters. The zero-order valence-corrected chi connectivity index (χ0v) is 11.8. The van der Waals surface area contributed by atoms with Crippen molar-refractivity contribution in [3.63, 3.8) is 0 Å². The Labute approximate surface area is 112 Å². The Kier molecular flexibility index (Phi) is 4.17. The van der Waals surface area contributed by atoms with E-state index in [1.54, 1.807) is 6.92 Å². The topological polar surface area (TPSA) is 37.4 Å². The second-order valence-electron chi connectivity index (χ2n) is 4.96. The van der Waals surface area contributed by atoms with E-state index >= 15 is 0 Å². The van der Waals surface area contributed by atoms with Crippen LogP contribution in [-0.4, -0.2) is 29.2 Å². The highest BCUT2D eigenvalue weighted by Crippen LogP contribution is 2.25. The summed E-state index contributed by atoms with van der Waals surface area (Å²) in [5.41, 5.74) is 0. The minimum Gasteiger partial charge on any atom is -0.335 e. The average Bonchev–Trinajstić information content (AvgIpc) is 2.75. The van der Waals surface area contributed by atoms with E-state index < -0.39 is 0 Å². The Hall–Kier alpha value is -1.16. The SMILES string of the molecule is CC(=O)CC1CCCCN1C(=O)c1ccc(C)s1. The Balaban J connectivity index is 2.13. The van der Waals surface area contributed by atoms with Gasteiger partial charge in [-0.15, -0.1) is 11.3 Å². The maximum Gasteiger partial charge on any atom is 0.264 e. The van der Waals surface area contributed by atoms with E-state index in [1.165, 1.54) is 11.3 Å². The van der Waals surface area contributed by atoms with Gasteiger partial charge in [-0.2, -0.15) is 0 Å². The number of hydrogen-bond donors (Lipinski definition) is 0. The third kappa shape index (κ3) is 2.99. The van der Waals surface area contributed by atoms with Gasteiger partial charge >= 0.3 is 0 Å². The molecule has 1 aliphatic heterocycles. The van der Waals surface area contributed by atoms with Crippen molar-refractivity contribution in [2.75, 3.05) is 6.54 Å². The summed E-state index contributed by atoms with van der Waals surface area (Å²) in [7, 11) is 0. The van der Waals surface area contributed by atoms with E-state index in [1.807, 2.05) is 24.0 Å². The van der Waals surface area contributed by atoms with Crippen LogP contribution in [0.3, 0.4) is 0 Å². The van der Waals surface area contributed by atoms with Crippen molar-refractivity contribution in [2.24, 2.45) is 0 Å². The highest BCUT2D eigenvalue weighted by Gasteiger charge is 2.28. The first kappa shape index (κ1) is 13.3. The van der Waals surface area contributed by atoms with Gasteiger partial charge in [-0.3, -0.25) is 9.59 Å². The molecule has 4 heteroatoms. The second-order valence-corrected chi connectivity index (χ2v) is 6.25. The highest BCUT2D eigenvalue weighted by molar-refractivity contribution is 7.13. The van der Waals surface area contributed by atoms with Crippen LogP contribution in [0.25, 0.3) is 0 Å². The average molecular weight is 265 g/mol. The molecule has 0 aromatic carbocycles. The molecule has 2 heterocycles.